The number of hydrogen-bond donors (Lipinski definition) is 0. The van der Waals surface area contributed by atoms with E-state index in [-0.39, 0.29) is 13.0 Å². The predicted molar refractivity (Wildman–Crippen MR) is 57.2 cm³/mol. The van der Waals surface area contributed by atoms with Crippen LogP contribution in [0.1, 0.15) is 27.2 Å². The van der Waals surface area contributed by atoms with Gasteiger partial charge in [-0.15, -0.1) is 0 Å². The van der Waals surface area contributed by atoms with Crippen LogP contribution in [0.3, 0.4) is 0 Å². The Kier molecular flexibility index (Phi) is 4.34. The molecule has 0 saturated carbocycles. The lowest BCUT2D eigenvalue weighted by atomic mass is 10.2. The molecular formula is C11H18NO5-. The van der Waals surface area contributed by atoms with Gasteiger partial charge in [0, 0.05) is 18.9 Å². The van der Waals surface area contributed by atoms with E-state index >= 15 is 0 Å². The largest absolute Gasteiger partial charge is 0.550 e. The molecule has 0 bridgehead atoms. The van der Waals surface area contributed by atoms with Crippen LogP contribution in [0.4, 0.5) is 4.79 Å². The van der Waals surface area contributed by atoms with Gasteiger partial charge in [-0.25, -0.2) is 4.79 Å². The van der Waals surface area contributed by atoms with E-state index in [4.69, 9.17) is 9.47 Å². The standard InChI is InChI=1S/C11H19NO5/c1-11(2,3)17-10(15)12-4-5-16-8(7-12)6-9(13)14/h8H,4-7H2,1-3H3,(H,13,14)/p-1/t8-/m1/s1. The molecule has 1 rings (SSSR count). The first-order valence-corrected chi connectivity index (χ1v) is 5.57. The molecule has 0 aromatic carbocycles. The topological polar surface area (TPSA) is 78.9 Å². The summed E-state index contributed by atoms with van der Waals surface area (Å²) in [6.45, 7) is 6.30. The molecule has 6 heteroatoms. The summed E-state index contributed by atoms with van der Waals surface area (Å²) in [5, 5.41) is 10.4. The summed E-state index contributed by atoms with van der Waals surface area (Å²) < 4.78 is 10.4. The number of hydrogen-bond acceptors (Lipinski definition) is 5. The SMILES string of the molecule is CC(C)(C)OC(=O)N1CCO[C@H](CC(=O)[O-])C1. The van der Waals surface area contributed by atoms with Crippen LogP contribution in [-0.2, 0) is 14.3 Å². The van der Waals surface area contributed by atoms with E-state index in [1.54, 1.807) is 20.8 Å². The van der Waals surface area contributed by atoms with Gasteiger partial charge in [0.25, 0.3) is 0 Å². The van der Waals surface area contributed by atoms with Gasteiger partial charge < -0.3 is 24.3 Å². The fourth-order valence-electron chi connectivity index (χ4n) is 1.52. The summed E-state index contributed by atoms with van der Waals surface area (Å²) in [5.74, 6) is -1.18. The van der Waals surface area contributed by atoms with Crippen LogP contribution in [0.25, 0.3) is 0 Å². The van der Waals surface area contributed by atoms with Crippen molar-refractivity contribution in [2.24, 2.45) is 0 Å². The van der Waals surface area contributed by atoms with Crippen molar-refractivity contribution in [2.45, 2.75) is 38.9 Å². The molecule has 1 saturated heterocycles. The van der Waals surface area contributed by atoms with E-state index in [9.17, 15) is 14.7 Å². The van der Waals surface area contributed by atoms with Crippen LogP contribution in [0.15, 0.2) is 0 Å². The number of carboxylic acids is 1. The first kappa shape index (κ1) is 13.8. The van der Waals surface area contributed by atoms with Crippen LogP contribution >= 0.6 is 0 Å². The fourth-order valence-corrected chi connectivity index (χ4v) is 1.52. The van der Waals surface area contributed by atoms with Crippen molar-refractivity contribution in [1.29, 1.82) is 0 Å². The maximum Gasteiger partial charge on any atom is 0.410 e. The molecule has 17 heavy (non-hydrogen) atoms. The molecule has 0 aromatic heterocycles. The van der Waals surface area contributed by atoms with Crippen LogP contribution in [0, 0.1) is 0 Å². The van der Waals surface area contributed by atoms with Crippen molar-refractivity contribution >= 4 is 12.1 Å². The lowest BCUT2D eigenvalue weighted by Crippen LogP contribution is -2.48. The van der Waals surface area contributed by atoms with Gasteiger partial charge in [-0.1, -0.05) is 0 Å². The molecule has 6 nitrogen and oxygen atoms in total. The van der Waals surface area contributed by atoms with Crippen LogP contribution in [0.2, 0.25) is 0 Å². The fraction of sp³-hybridized carbons (Fsp3) is 0.818. The van der Waals surface area contributed by atoms with Crippen LogP contribution in [-0.4, -0.2) is 48.4 Å². The van der Waals surface area contributed by atoms with Crippen LogP contribution < -0.4 is 5.11 Å². The average Bonchev–Trinajstić information content (AvgIpc) is 2.14. The zero-order valence-corrected chi connectivity index (χ0v) is 10.4. The molecule has 0 N–H and O–H groups in total. The maximum atomic E-state index is 11.7. The Morgan fingerprint density at radius 3 is 2.65 bits per heavy atom. The summed E-state index contributed by atoms with van der Waals surface area (Å²) in [6.07, 6.45) is -1.16. The quantitative estimate of drug-likeness (QED) is 0.670. The van der Waals surface area contributed by atoms with E-state index in [2.05, 4.69) is 0 Å². The number of nitrogens with zero attached hydrogens (tertiary/aromatic N) is 1. The Balaban J connectivity index is 2.49. The lowest BCUT2D eigenvalue weighted by Gasteiger charge is -2.34. The average molecular weight is 244 g/mol. The number of morpholine rings is 1. The molecular weight excluding hydrogens is 226 g/mol. The minimum Gasteiger partial charge on any atom is -0.550 e. The molecule has 1 atom stereocenters. The van der Waals surface area contributed by atoms with E-state index in [0.717, 1.165) is 0 Å². The Morgan fingerprint density at radius 2 is 2.12 bits per heavy atom. The highest BCUT2D eigenvalue weighted by molar-refractivity contribution is 5.69. The first-order chi connectivity index (χ1) is 7.78. The predicted octanol–water partition coefficient (Wildman–Crippen LogP) is -0.238. The molecule has 0 aliphatic carbocycles. The number of aliphatic carboxylic acids is 1. The minimum absolute atomic E-state index is 0.209. The zero-order valence-electron chi connectivity index (χ0n) is 10.4. The van der Waals surface area contributed by atoms with E-state index in [0.29, 0.717) is 13.2 Å². The molecule has 1 aliphatic heterocycles. The molecule has 0 aromatic rings. The van der Waals surface area contributed by atoms with Gasteiger partial charge in [0.2, 0.25) is 0 Å². The molecule has 1 fully saturated rings. The van der Waals surface area contributed by atoms with Crippen molar-refractivity contribution in [3.05, 3.63) is 0 Å². The van der Waals surface area contributed by atoms with Gasteiger partial charge in [0.15, 0.2) is 0 Å². The summed E-state index contributed by atoms with van der Waals surface area (Å²) in [6, 6.07) is 0. The number of carbonyl (C=O) groups is 2. The second kappa shape index (κ2) is 5.35. The first-order valence-electron chi connectivity index (χ1n) is 5.57. The van der Waals surface area contributed by atoms with Crippen molar-refractivity contribution in [2.75, 3.05) is 19.7 Å². The zero-order chi connectivity index (χ0) is 13.1. The molecule has 0 unspecified atom stereocenters. The smallest absolute Gasteiger partial charge is 0.410 e. The van der Waals surface area contributed by atoms with Crippen molar-refractivity contribution in [1.82, 2.24) is 4.90 Å². The Labute approximate surface area is 100 Å². The molecule has 1 aliphatic rings. The molecule has 1 amide bonds. The normalized spacial score (nSPS) is 21.1. The van der Waals surface area contributed by atoms with Crippen LogP contribution in [0.5, 0.6) is 0 Å². The molecule has 98 valence electrons. The Hall–Kier alpha value is -1.30. The third-order valence-electron chi connectivity index (χ3n) is 2.18. The highest BCUT2D eigenvalue weighted by atomic mass is 16.6. The number of carbonyl (C=O) groups excluding carboxylic acids is 2. The van der Waals surface area contributed by atoms with Crippen molar-refractivity contribution in [3.8, 4) is 0 Å². The lowest BCUT2D eigenvalue weighted by molar-refractivity contribution is -0.308. The molecule has 1 heterocycles. The van der Waals surface area contributed by atoms with Gasteiger partial charge >= 0.3 is 6.09 Å². The number of carboxylic acid groups (broad SMARTS) is 1. The highest BCUT2D eigenvalue weighted by Gasteiger charge is 2.27. The molecule has 0 radical (unpaired) electrons. The highest BCUT2D eigenvalue weighted by Crippen LogP contribution is 2.14. The van der Waals surface area contributed by atoms with E-state index in [1.807, 2.05) is 0 Å². The van der Waals surface area contributed by atoms with Crippen molar-refractivity contribution in [3.63, 3.8) is 0 Å². The van der Waals surface area contributed by atoms with Gasteiger partial charge in [0.1, 0.15) is 5.60 Å². The maximum absolute atomic E-state index is 11.7. The van der Waals surface area contributed by atoms with E-state index < -0.39 is 23.8 Å². The number of amides is 1. The summed E-state index contributed by atoms with van der Waals surface area (Å²) in [4.78, 5) is 23.6. The van der Waals surface area contributed by atoms with Gasteiger partial charge in [0.05, 0.1) is 19.3 Å². The monoisotopic (exact) mass is 244 g/mol. The Morgan fingerprint density at radius 1 is 1.47 bits per heavy atom. The van der Waals surface area contributed by atoms with Gasteiger partial charge in [-0.05, 0) is 20.8 Å². The summed E-state index contributed by atoms with van der Waals surface area (Å²) in [5.41, 5.74) is -0.556. The Bertz CT molecular complexity index is 297. The van der Waals surface area contributed by atoms with E-state index in [1.165, 1.54) is 4.90 Å². The van der Waals surface area contributed by atoms with Gasteiger partial charge in [-0.2, -0.15) is 0 Å². The summed E-state index contributed by atoms with van der Waals surface area (Å²) >= 11 is 0. The van der Waals surface area contributed by atoms with Crippen molar-refractivity contribution < 1.29 is 24.2 Å². The number of ether oxygens (including phenoxy) is 2. The minimum atomic E-state index is -1.18. The number of rotatable bonds is 2. The third kappa shape index (κ3) is 5.04. The third-order valence-corrected chi connectivity index (χ3v) is 2.18. The molecule has 0 spiro atoms. The summed E-state index contributed by atoms with van der Waals surface area (Å²) in [7, 11) is 0. The van der Waals surface area contributed by atoms with Gasteiger partial charge in [-0.3, -0.25) is 0 Å². The second-order valence-electron chi connectivity index (χ2n) is 5.00. The second-order valence-corrected chi connectivity index (χ2v) is 5.00.